The molecule has 7 nitrogen and oxygen atoms in total. The predicted molar refractivity (Wildman–Crippen MR) is 91.7 cm³/mol. The molecule has 0 aliphatic heterocycles. The lowest BCUT2D eigenvalue weighted by atomic mass is 10.1. The summed E-state index contributed by atoms with van der Waals surface area (Å²) in [5.74, 6) is -0.343. The maximum absolute atomic E-state index is 12.0. The molecule has 1 unspecified atom stereocenters. The molecule has 1 aromatic rings. The zero-order chi connectivity index (χ0) is 18.3. The zero-order valence-corrected chi connectivity index (χ0v) is 15.1. The van der Waals surface area contributed by atoms with E-state index in [0.29, 0.717) is 13.0 Å². The van der Waals surface area contributed by atoms with Crippen molar-refractivity contribution in [2.24, 2.45) is 5.14 Å². The van der Waals surface area contributed by atoms with Crippen molar-refractivity contribution in [1.29, 1.82) is 0 Å². The normalized spacial score (nSPS) is 12.5. The number of benzene rings is 1. The number of hydrogen-bond donors (Lipinski definition) is 2. The lowest BCUT2D eigenvalue weighted by Gasteiger charge is -2.26. The molecule has 0 aliphatic carbocycles. The summed E-state index contributed by atoms with van der Waals surface area (Å²) in [6.07, 6.45) is 1.34. The van der Waals surface area contributed by atoms with Crippen LogP contribution in [0.5, 0.6) is 0 Å². The molecule has 1 rings (SSSR count). The average molecular weight is 355 g/mol. The van der Waals surface area contributed by atoms with Gasteiger partial charge in [0.2, 0.25) is 21.8 Å². The van der Waals surface area contributed by atoms with Gasteiger partial charge in [-0.05, 0) is 37.5 Å². The van der Waals surface area contributed by atoms with Crippen molar-refractivity contribution in [2.45, 2.75) is 44.6 Å². The first-order chi connectivity index (χ1) is 11.1. The molecule has 0 saturated heterocycles. The van der Waals surface area contributed by atoms with Crippen LogP contribution in [-0.4, -0.2) is 44.3 Å². The molecule has 0 aromatic heterocycles. The van der Waals surface area contributed by atoms with Gasteiger partial charge in [-0.1, -0.05) is 19.1 Å². The smallest absolute Gasteiger partial charge is 0.239 e. The maximum Gasteiger partial charge on any atom is 0.239 e. The fourth-order valence-corrected chi connectivity index (χ4v) is 2.72. The van der Waals surface area contributed by atoms with Crippen molar-refractivity contribution in [3.8, 4) is 0 Å². The summed E-state index contributed by atoms with van der Waals surface area (Å²) < 4.78 is 22.3. The Morgan fingerprint density at radius 2 is 1.83 bits per heavy atom. The second-order valence-electron chi connectivity index (χ2n) is 5.69. The molecule has 0 spiro atoms. The quantitative estimate of drug-likeness (QED) is 0.713. The van der Waals surface area contributed by atoms with E-state index in [-0.39, 0.29) is 29.3 Å². The van der Waals surface area contributed by atoms with Crippen LogP contribution in [0, 0.1) is 0 Å². The number of carbonyl (C=O) groups is 2. The van der Waals surface area contributed by atoms with Crippen LogP contribution in [0.2, 0.25) is 0 Å². The van der Waals surface area contributed by atoms with Crippen LogP contribution in [0.25, 0.3) is 0 Å². The molecular weight excluding hydrogens is 330 g/mol. The number of hydrogen-bond acceptors (Lipinski definition) is 4. The van der Waals surface area contributed by atoms with E-state index < -0.39 is 10.0 Å². The highest BCUT2D eigenvalue weighted by Crippen LogP contribution is 2.09. The van der Waals surface area contributed by atoms with Gasteiger partial charge in [-0.15, -0.1) is 0 Å². The summed E-state index contributed by atoms with van der Waals surface area (Å²) in [5, 5.41) is 7.80. The lowest BCUT2D eigenvalue weighted by molar-refractivity contribution is -0.136. The van der Waals surface area contributed by atoms with Gasteiger partial charge in [-0.3, -0.25) is 9.59 Å². The molecule has 1 aromatic carbocycles. The molecule has 0 bridgehead atoms. The highest BCUT2D eigenvalue weighted by atomic mass is 32.2. The molecule has 1 atom stereocenters. The van der Waals surface area contributed by atoms with Crippen molar-refractivity contribution in [2.75, 3.05) is 13.1 Å². The lowest BCUT2D eigenvalue weighted by Crippen LogP contribution is -2.44. The van der Waals surface area contributed by atoms with Gasteiger partial charge in [0.1, 0.15) is 0 Å². The molecule has 134 valence electrons. The Bertz CT molecular complexity index is 671. The van der Waals surface area contributed by atoms with Gasteiger partial charge in [0, 0.05) is 19.5 Å². The molecule has 2 amide bonds. The molecule has 0 saturated carbocycles. The topological polar surface area (TPSA) is 110 Å². The fraction of sp³-hybridized carbons (Fsp3) is 0.500. The van der Waals surface area contributed by atoms with Crippen LogP contribution < -0.4 is 10.5 Å². The van der Waals surface area contributed by atoms with Gasteiger partial charge in [0.15, 0.2) is 0 Å². The number of sulfonamides is 1. The van der Waals surface area contributed by atoms with Crippen molar-refractivity contribution in [3.63, 3.8) is 0 Å². The molecule has 24 heavy (non-hydrogen) atoms. The number of nitrogens with one attached hydrogen (secondary N) is 1. The van der Waals surface area contributed by atoms with Gasteiger partial charge >= 0.3 is 0 Å². The minimum absolute atomic E-state index is 0.0130. The van der Waals surface area contributed by atoms with Crippen LogP contribution in [0.15, 0.2) is 29.2 Å². The van der Waals surface area contributed by atoms with Gasteiger partial charge in [0.05, 0.1) is 11.4 Å². The first kappa shape index (κ1) is 20.1. The van der Waals surface area contributed by atoms with E-state index in [4.69, 9.17) is 5.14 Å². The van der Waals surface area contributed by atoms with Crippen molar-refractivity contribution >= 4 is 21.8 Å². The van der Waals surface area contributed by atoms with E-state index in [2.05, 4.69) is 5.32 Å². The van der Waals surface area contributed by atoms with Crippen LogP contribution >= 0.6 is 0 Å². The van der Waals surface area contributed by atoms with E-state index in [1.807, 2.05) is 13.8 Å². The average Bonchev–Trinajstić information content (AvgIpc) is 2.51. The van der Waals surface area contributed by atoms with E-state index in [0.717, 1.165) is 12.0 Å². The maximum atomic E-state index is 12.0. The van der Waals surface area contributed by atoms with Crippen LogP contribution in [0.1, 0.15) is 32.8 Å². The number of nitrogens with two attached hydrogens (primary N) is 1. The number of nitrogens with zero attached hydrogens (tertiary/aromatic N) is 1. The molecule has 8 heteroatoms. The fourth-order valence-electron chi connectivity index (χ4n) is 2.20. The number of primary sulfonamides is 1. The van der Waals surface area contributed by atoms with Crippen LogP contribution in [-0.2, 0) is 26.0 Å². The third-order valence-corrected chi connectivity index (χ3v) is 4.76. The Morgan fingerprint density at radius 1 is 1.25 bits per heavy atom. The Morgan fingerprint density at radius 3 is 2.29 bits per heavy atom. The Balaban J connectivity index is 2.49. The standard InChI is InChI=1S/C16H25N3O4S/c1-4-12(2)19(13(3)20)11-16(21)18-10-9-14-5-7-15(8-6-14)24(17,22)23/h5-8,12H,4,9-11H2,1-3H3,(H,18,21)(H2,17,22,23). The van der Waals surface area contributed by atoms with E-state index >= 15 is 0 Å². The second-order valence-corrected chi connectivity index (χ2v) is 7.25. The van der Waals surface area contributed by atoms with Crippen LogP contribution in [0.4, 0.5) is 0 Å². The van der Waals surface area contributed by atoms with Gasteiger partial charge in [-0.2, -0.15) is 0 Å². The van der Waals surface area contributed by atoms with E-state index in [1.165, 1.54) is 24.0 Å². The largest absolute Gasteiger partial charge is 0.354 e. The summed E-state index contributed by atoms with van der Waals surface area (Å²) in [4.78, 5) is 25.1. The second kappa shape index (κ2) is 8.79. The van der Waals surface area contributed by atoms with Gasteiger partial charge in [0.25, 0.3) is 0 Å². The number of carbonyl (C=O) groups excluding carboxylic acids is 2. The summed E-state index contributed by atoms with van der Waals surface area (Å²) in [6, 6.07) is 6.21. The van der Waals surface area contributed by atoms with Crippen LogP contribution in [0.3, 0.4) is 0 Å². The molecule has 3 N–H and O–H groups in total. The predicted octanol–water partition coefficient (Wildman–Crippen LogP) is 0.640. The highest BCUT2D eigenvalue weighted by molar-refractivity contribution is 7.89. The van der Waals surface area contributed by atoms with Crippen molar-refractivity contribution < 1.29 is 18.0 Å². The Kier molecular flexibility index (Phi) is 7.37. The highest BCUT2D eigenvalue weighted by Gasteiger charge is 2.18. The third kappa shape index (κ3) is 6.29. The molecule has 0 radical (unpaired) electrons. The van der Waals surface area contributed by atoms with Crippen molar-refractivity contribution in [3.05, 3.63) is 29.8 Å². The molecule has 0 heterocycles. The third-order valence-electron chi connectivity index (χ3n) is 3.83. The summed E-state index contributed by atoms with van der Waals surface area (Å²) in [6.45, 7) is 5.76. The SMILES string of the molecule is CCC(C)N(CC(=O)NCCc1ccc(S(N)(=O)=O)cc1)C(C)=O. The monoisotopic (exact) mass is 355 g/mol. The minimum atomic E-state index is -3.69. The molecule has 0 aliphatic rings. The van der Waals surface area contributed by atoms with Crippen molar-refractivity contribution in [1.82, 2.24) is 10.2 Å². The first-order valence-electron chi connectivity index (χ1n) is 7.80. The van der Waals surface area contributed by atoms with Gasteiger partial charge in [-0.25, -0.2) is 13.6 Å². The summed E-state index contributed by atoms with van der Waals surface area (Å²) in [7, 11) is -3.69. The van der Waals surface area contributed by atoms with Gasteiger partial charge < -0.3 is 10.2 Å². The first-order valence-corrected chi connectivity index (χ1v) is 9.35. The van der Waals surface area contributed by atoms with E-state index in [9.17, 15) is 18.0 Å². The molecule has 0 fully saturated rings. The Hall–Kier alpha value is -1.93. The Labute approximate surface area is 143 Å². The summed E-state index contributed by atoms with van der Waals surface area (Å²) >= 11 is 0. The minimum Gasteiger partial charge on any atom is -0.354 e. The molecular formula is C16H25N3O4S. The number of rotatable bonds is 8. The number of amides is 2. The van der Waals surface area contributed by atoms with E-state index in [1.54, 1.807) is 12.1 Å². The zero-order valence-electron chi connectivity index (χ0n) is 14.3. The summed E-state index contributed by atoms with van der Waals surface area (Å²) in [5.41, 5.74) is 0.882.